The molecule has 0 aliphatic carbocycles. The number of halogens is 1. The molecule has 0 atom stereocenters. The predicted molar refractivity (Wildman–Crippen MR) is 108 cm³/mol. The molecule has 0 amide bonds. The van der Waals surface area contributed by atoms with Gasteiger partial charge in [-0.1, -0.05) is 35.0 Å². The lowest BCUT2D eigenvalue weighted by molar-refractivity contribution is 0.334. The van der Waals surface area contributed by atoms with Crippen molar-refractivity contribution in [3.05, 3.63) is 78.0 Å². The molecule has 28 heavy (non-hydrogen) atoms. The standard InChI is InChI=1S/C20H19ClN2O4S/c1-3-12-23(28(24,25)19-10-8-17(26-2)9-11-19)14-18-13-20(22-27-18)15-4-6-16(21)7-5-15/h3-11,13H,1,12,14H2,2H3. The minimum absolute atomic E-state index is 0.0287. The van der Waals surface area contributed by atoms with Gasteiger partial charge in [-0.2, -0.15) is 4.31 Å². The average Bonchev–Trinajstić information content (AvgIpc) is 3.17. The Hall–Kier alpha value is -2.61. The van der Waals surface area contributed by atoms with Crippen LogP contribution in [0.3, 0.4) is 0 Å². The summed E-state index contributed by atoms with van der Waals surface area (Å²) in [5.74, 6) is 1.00. The van der Waals surface area contributed by atoms with Crippen molar-refractivity contribution in [3.63, 3.8) is 0 Å². The Morgan fingerprint density at radius 2 is 1.86 bits per heavy atom. The van der Waals surface area contributed by atoms with Crippen LogP contribution >= 0.6 is 11.6 Å². The Balaban J connectivity index is 1.84. The fraction of sp³-hybridized carbons (Fsp3) is 0.150. The highest BCUT2D eigenvalue weighted by Gasteiger charge is 2.25. The van der Waals surface area contributed by atoms with E-state index in [1.807, 2.05) is 12.1 Å². The summed E-state index contributed by atoms with van der Waals surface area (Å²) < 4.78 is 37.7. The van der Waals surface area contributed by atoms with Crippen molar-refractivity contribution in [2.24, 2.45) is 0 Å². The predicted octanol–water partition coefficient (Wildman–Crippen LogP) is 4.38. The normalized spacial score (nSPS) is 11.5. The molecule has 0 aliphatic rings. The molecule has 6 nitrogen and oxygen atoms in total. The SMILES string of the molecule is C=CCN(Cc1cc(-c2ccc(Cl)cc2)no1)S(=O)(=O)c1ccc(OC)cc1. The van der Waals surface area contributed by atoms with Crippen molar-refractivity contribution in [2.45, 2.75) is 11.4 Å². The van der Waals surface area contributed by atoms with Crippen LogP contribution in [-0.2, 0) is 16.6 Å². The van der Waals surface area contributed by atoms with Gasteiger partial charge in [0.25, 0.3) is 0 Å². The average molecular weight is 419 g/mol. The molecule has 0 aliphatic heterocycles. The van der Waals surface area contributed by atoms with Crippen molar-refractivity contribution < 1.29 is 17.7 Å². The summed E-state index contributed by atoms with van der Waals surface area (Å²) in [4.78, 5) is 0.160. The molecule has 0 spiro atoms. The van der Waals surface area contributed by atoms with E-state index in [-0.39, 0.29) is 18.0 Å². The van der Waals surface area contributed by atoms with Gasteiger partial charge in [-0.05, 0) is 36.4 Å². The fourth-order valence-corrected chi connectivity index (χ4v) is 4.11. The zero-order valence-electron chi connectivity index (χ0n) is 15.2. The molecule has 0 saturated carbocycles. The quantitative estimate of drug-likeness (QED) is 0.507. The van der Waals surface area contributed by atoms with Crippen LogP contribution in [0, 0.1) is 0 Å². The highest BCUT2D eigenvalue weighted by atomic mass is 35.5. The van der Waals surface area contributed by atoms with Gasteiger partial charge in [0.2, 0.25) is 10.0 Å². The van der Waals surface area contributed by atoms with Gasteiger partial charge in [-0.3, -0.25) is 0 Å². The highest BCUT2D eigenvalue weighted by molar-refractivity contribution is 7.89. The van der Waals surface area contributed by atoms with Crippen molar-refractivity contribution in [1.82, 2.24) is 9.46 Å². The van der Waals surface area contributed by atoms with E-state index >= 15 is 0 Å². The summed E-state index contributed by atoms with van der Waals surface area (Å²) >= 11 is 5.90. The number of hydrogen-bond donors (Lipinski definition) is 0. The summed E-state index contributed by atoms with van der Waals surface area (Å²) in [7, 11) is -2.22. The maximum atomic E-state index is 13.0. The second kappa shape index (κ2) is 8.60. The molecule has 0 unspecified atom stereocenters. The molecule has 1 aromatic heterocycles. The lowest BCUT2D eigenvalue weighted by atomic mass is 10.1. The summed E-state index contributed by atoms with van der Waals surface area (Å²) in [5, 5.41) is 4.65. The fourth-order valence-electron chi connectivity index (χ4n) is 2.61. The second-order valence-electron chi connectivity index (χ2n) is 5.95. The van der Waals surface area contributed by atoms with Crippen LogP contribution in [0.2, 0.25) is 5.02 Å². The largest absolute Gasteiger partial charge is 0.497 e. The number of sulfonamides is 1. The van der Waals surface area contributed by atoms with E-state index in [0.29, 0.717) is 22.2 Å². The molecular weight excluding hydrogens is 400 g/mol. The number of hydrogen-bond acceptors (Lipinski definition) is 5. The smallest absolute Gasteiger partial charge is 0.243 e. The first kappa shape index (κ1) is 20.1. The van der Waals surface area contributed by atoms with E-state index in [4.69, 9.17) is 20.9 Å². The van der Waals surface area contributed by atoms with Crippen molar-refractivity contribution in [2.75, 3.05) is 13.7 Å². The maximum absolute atomic E-state index is 13.0. The molecule has 0 saturated heterocycles. The van der Waals surface area contributed by atoms with Gasteiger partial charge in [-0.25, -0.2) is 8.42 Å². The van der Waals surface area contributed by atoms with E-state index < -0.39 is 10.0 Å². The molecule has 1 heterocycles. The third-order valence-corrected chi connectivity index (χ3v) is 6.14. The van der Waals surface area contributed by atoms with E-state index in [2.05, 4.69) is 11.7 Å². The molecule has 0 N–H and O–H groups in total. The molecule has 8 heteroatoms. The molecule has 3 aromatic rings. The van der Waals surface area contributed by atoms with Crippen molar-refractivity contribution in [3.8, 4) is 17.0 Å². The summed E-state index contributed by atoms with van der Waals surface area (Å²) in [6.07, 6.45) is 1.53. The monoisotopic (exact) mass is 418 g/mol. The maximum Gasteiger partial charge on any atom is 0.243 e. The molecule has 2 aromatic carbocycles. The summed E-state index contributed by atoms with van der Waals surface area (Å²) in [6, 6.07) is 15.1. The molecule has 146 valence electrons. The van der Waals surface area contributed by atoms with E-state index in [9.17, 15) is 8.42 Å². The third-order valence-electron chi connectivity index (χ3n) is 4.06. The van der Waals surface area contributed by atoms with Gasteiger partial charge in [0.15, 0.2) is 5.76 Å². The first-order chi connectivity index (χ1) is 13.4. The number of aromatic nitrogens is 1. The molecule has 3 rings (SSSR count). The van der Waals surface area contributed by atoms with Crippen LogP contribution in [0.15, 0.2) is 76.7 Å². The zero-order valence-corrected chi connectivity index (χ0v) is 16.8. The Morgan fingerprint density at radius 3 is 2.46 bits per heavy atom. The van der Waals surface area contributed by atoms with E-state index in [1.165, 1.54) is 29.6 Å². The Morgan fingerprint density at radius 1 is 1.18 bits per heavy atom. The molecule has 0 bridgehead atoms. The van der Waals surface area contributed by atoms with Gasteiger partial charge in [0.1, 0.15) is 11.4 Å². The number of nitrogens with zero attached hydrogens (tertiary/aromatic N) is 2. The Bertz CT molecular complexity index is 1040. The molecule has 0 fully saturated rings. The van der Waals surface area contributed by atoms with Gasteiger partial charge in [0, 0.05) is 23.2 Å². The number of ether oxygens (including phenoxy) is 1. The van der Waals surface area contributed by atoms with Crippen LogP contribution in [0.1, 0.15) is 5.76 Å². The van der Waals surface area contributed by atoms with Crippen molar-refractivity contribution in [1.29, 1.82) is 0 Å². The second-order valence-corrected chi connectivity index (χ2v) is 8.32. The zero-order chi connectivity index (χ0) is 20.1. The van der Waals surface area contributed by atoms with Gasteiger partial charge in [-0.15, -0.1) is 6.58 Å². The van der Waals surface area contributed by atoms with Gasteiger partial charge >= 0.3 is 0 Å². The van der Waals surface area contributed by atoms with Crippen LogP contribution in [-0.4, -0.2) is 31.5 Å². The number of benzene rings is 2. The van der Waals surface area contributed by atoms with Crippen molar-refractivity contribution >= 4 is 21.6 Å². The van der Waals surface area contributed by atoms with Crippen LogP contribution < -0.4 is 4.74 Å². The topological polar surface area (TPSA) is 72.6 Å². The lowest BCUT2D eigenvalue weighted by Gasteiger charge is -2.19. The Kier molecular flexibility index (Phi) is 6.18. The summed E-state index contributed by atoms with van der Waals surface area (Å²) in [5.41, 5.74) is 1.43. The van der Waals surface area contributed by atoms with Crippen LogP contribution in [0.5, 0.6) is 5.75 Å². The molecular formula is C20H19ClN2O4S. The highest BCUT2D eigenvalue weighted by Crippen LogP contribution is 2.24. The van der Waals surface area contributed by atoms with Crippen LogP contribution in [0.4, 0.5) is 0 Å². The number of rotatable bonds is 8. The van der Waals surface area contributed by atoms with Crippen LogP contribution in [0.25, 0.3) is 11.3 Å². The number of methoxy groups -OCH3 is 1. The minimum Gasteiger partial charge on any atom is -0.497 e. The first-order valence-corrected chi connectivity index (χ1v) is 10.2. The van der Waals surface area contributed by atoms with E-state index in [1.54, 1.807) is 30.3 Å². The van der Waals surface area contributed by atoms with Gasteiger partial charge < -0.3 is 9.26 Å². The summed E-state index contributed by atoms with van der Waals surface area (Å²) in [6.45, 7) is 3.81. The third kappa shape index (κ3) is 4.44. The lowest BCUT2D eigenvalue weighted by Crippen LogP contribution is -2.30. The minimum atomic E-state index is -3.75. The first-order valence-electron chi connectivity index (χ1n) is 8.40. The van der Waals surface area contributed by atoms with E-state index in [0.717, 1.165) is 5.56 Å². The molecule has 0 radical (unpaired) electrons. The van der Waals surface area contributed by atoms with Gasteiger partial charge in [0.05, 0.1) is 18.6 Å². The Labute approximate surface area is 169 Å².